The Kier molecular flexibility index (Phi) is 5.29. The standard InChI is InChI=1S/C14H23FN2O2S/c1-10(2)8-14(4,9-16)17-20(18,19)13-11(3)6-5-7-12(13)15/h5-7,10,17H,8-9,16H2,1-4H3. The Morgan fingerprint density at radius 2 is 2.00 bits per heavy atom. The average molecular weight is 302 g/mol. The molecule has 0 heterocycles. The molecule has 0 aromatic heterocycles. The molecule has 0 fully saturated rings. The zero-order chi connectivity index (χ0) is 15.6. The van der Waals surface area contributed by atoms with Crippen LogP contribution in [-0.2, 0) is 10.0 Å². The Hall–Kier alpha value is -0.980. The molecule has 0 saturated carbocycles. The third kappa shape index (κ3) is 4.01. The Morgan fingerprint density at radius 3 is 2.45 bits per heavy atom. The summed E-state index contributed by atoms with van der Waals surface area (Å²) in [6, 6.07) is 4.20. The maximum Gasteiger partial charge on any atom is 0.244 e. The molecule has 1 aromatic carbocycles. The van der Waals surface area contributed by atoms with Gasteiger partial charge in [-0.05, 0) is 37.8 Å². The number of nitrogens with two attached hydrogens (primary N) is 1. The number of benzene rings is 1. The molecule has 6 heteroatoms. The number of aryl methyl sites for hydroxylation is 1. The van der Waals surface area contributed by atoms with E-state index in [0.29, 0.717) is 12.0 Å². The van der Waals surface area contributed by atoms with E-state index >= 15 is 0 Å². The summed E-state index contributed by atoms with van der Waals surface area (Å²) in [6.07, 6.45) is 0.580. The second kappa shape index (κ2) is 6.20. The molecule has 4 nitrogen and oxygen atoms in total. The lowest BCUT2D eigenvalue weighted by atomic mass is 9.92. The first-order chi connectivity index (χ1) is 9.11. The van der Waals surface area contributed by atoms with Crippen LogP contribution < -0.4 is 10.5 Å². The van der Waals surface area contributed by atoms with Crippen LogP contribution in [0.5, 0.6) is 0 Å². The number of nitrogens with one attached hydrogen (secondary N) is 1. The Balaban J connectivity index is 3.18. The van der Waals surface area contributed by atoms with Gasteiger partial charge in [0.1, 0.15) is 10.7 Å². The van der Waals surface area contributed by atoms with Gasteiger partial charge >= 0.3 is 0 Å². The molecular weight excluding hydrogens is 279 g/mol. The lowest BCUT2D eigenvalue weighted by Gasteiger charge is -2.31. The topological polar surface area (TPSA) is 72.2 Å². The molecular formula is C14H23FN2O2S. The van der Waals surface area contributed by atoms with Crippen molar-refractivity contribution in [2.24, 2.45) is 11.7 Å². The lowest BCUT2D eigenvalue weighted by molar-refractivity contribution is 0.344. The van der Waals surface area contributed by atoms with Gasteiger partial charge in [0.2, 0.25) is 10.0 Å². The van der Waals surface area contributed by atoms with Gasteiger partial charge in [0.05, 0.1) is 0 Å². The maximum absolute atomic E-state index is 13.8. The molecule has 0 amide bonds. The van der Waals surface area contributed by atoms with Crippen LogP contribution in [0.25, 0.3) is 0 Å². The molecule has 1 aromatic rings. The molecule has 1 unspecified atom stereocenters. The Bertz CT molecular complexity index is 552. The lowest BCUT2D eigenvalue weighted by Crippen LogP contribution is -2.52. The molecule has 1 atom stereocenters. The zero-order valence-corrected chi connectivity index (χ0v) is 13.2. The first-order valence-electron chi connectivity index (χ1n) is 6.60. The van der Waals surface area contributed by atoms with Crippen molar-refractivity contribution in [3.05, 3.63) is 29.6 Å². The average Bonchev–Trinajstić information content (AvgIpc) is 2.26. The van der Waals surface area contributed by atoms with Crippen molar-refractivity contribution in [2.75, 3.05) is 6.54 Å². The molecule has 20 heavy (non-hydrogen) atoms. The van der Waals surface area contributed by atoms with E-state index in [1.54, 1.807) is 19.9 Å². The SMILES string of the molecule is Cc1cccc(F)c1S(=O)(=O)NC(C)(CN)CC(C)C. The van der Waals surface area contributed by atoms with Crippen LogP contribution >= 0.6 is 0 Å². The van der Waals surface area contributed by atoms with Gasteiger partial charge in [-0.15, -0.1) is 0 Å². The smallest absolute Gasteiger partial charge is 0.244 e. The maximum atomic E-state index is 13.8. The largest absolute Gasteiger partial charge is 0.329 e. The fourth-order valence-corrected chi connectivity index (χ4v) is 4.13. The van der Waals surface area contributed by atoms with Crippen LogP contribution in [0, 0.1) is 18.7 Å². The van der Waals surface area contributed by atoms with Crippen molar-refractivity contribution in [1.29, 1.82) is 0 Å². The summed E-state index contributed by atoms with van der Waals surface area (Å²) in [6.45, 7) is 7.42. The molecule has 0 bridgehead atoms. The third-order valence-corrected chi connectivity index (χ3v) is 4.94. The van der Waals surface area contributed by atoms with Crippen molar-refractivity contribution < 1.29 is 12.8 Å². The molecule has 0 spiro atoms. The van der Waals surface area contributed by atoms with E-state index in [9.17, 15) is 12.8 Å². The number of rotatable bonds is 6. The van der Waals surface area contributed by atoms with Crippen LogP contribution in [0.3, 0.4) is 0 Å². The fraction of sp³-hybridized carbons (Fsp3) is 0.571. The Morgan fingerprint density at radius 1 is 1.40 bits per heavy atom. The quantitative estimate of drug-likeness (QED) is 0.846. The van der Waals surface area contributed by atoms with Gasteiger partial charge in [0.15, 0.2) is 0 Å². The molecule has 0 aliphatic rings. The van der Waals surface area contributed by atoms with Gasteiger partial charge < -0.3 is 5.73 Å². The monoisotopic (exact) mass is 302 g/mol. The first-order valence-corrected chi connectivity index (χ1v) is 8.09. The van der Waals surface area contributed by atoms with Crippen LogP contribution in [0.15, 0.2) is 23.1 Å². The predicted octanol–water partition coefficient (Wildman–Crippen LogP) is 2.18. The minimum absolute atomic E-state index is 0.151. The van der Waals surface area contributed by atoms with Crippen molar-refractivity contribution in [3.8, 4) is 0 Å². The highest BCUT2D eigenvalue weighted by atomic mass is 32.2. The molecule has 0 aliphatic heterocycles. The van der Waals surface area contributed by atoms with E-state index in [1.807, 2.05) is 13.8 Å². The van der Waals surface area contributed by atoms with Crippen molar-refractivity contribution in [1.82, 2.24) is 4.72 Å². The summed E-state index contributed by atoms with van der Waals surface area (Å²) in [4.78, 5) is -0.302. The van der Waals surface area contributed by atoms with Crippen LogP contribution in [0.4, 0.5) is 4.39 Å². The zero-order valence-electron chi connectivity index (χ0n) is 12.4. The highest BCUT2D eigenvalue weighted by Gasteiger charge is 2.32. The minimum Gasteiger partial charge on any atom is -0.329 e. The fourth-order valence-electron chi connectivity index (χ4n) is 2.40. The van der Waals surface area contributed by atoms with Crippen LogP contribution in [0.1, 0.15) is 32.8 Å². The van der Waals surface area contributed by atoms with Crippen LogP contribution in [0.2, 0.25) is 0 Å². The minimum atomic E-state index is -3.94. The Labute approximate surface area is 120 Å². The van der Waals surface area contributed by atoms with Gasteiger partial charge in [-0.1, -0.05) is 26.0 Å². The van der Waals surface area contributed by atoms with E-state index < -0.39 is 21.4 Å². The molecule has 114 valence electrons. The number of halogens is 1. The van der Waals surface area contributed by atoms with E-state index in [1.165, 1.54) is 6.07 Å². The summed E-state index contributed by atoms with van der Waals surface area (Å²) in [5, 5.41) is 0. The molecule has 0 aliphatic carbocycles. The third-order valence-electron chi connectivity index (χ3n) is 3.12. The van der Waals surface area contributed by atoms with E-state index in [4.69, 9.17) is 5.73 Å². The first kappa shape index (κ1) is 17.1. The molecule has 0 radical (unpaired) electrons. The normalized spacial score (nSPS) is 15.3. The number of hydrogen-bond acceptors (Lipinski definition) is 3. The van der Waals surface area contributed by atoms with Crippen molar-refractivity contribution in [2.45, 2.75) is 44.6 Å². The summed E-state index contributed by atoms with van der Waals surface area (Å²) >= 11 is 0. The second-order valence-corrected chi connectivity index (χ2v) is 7.47. The van der Waals surface area contributed by atoms with E-state index in [2.05, 4.69) is 4.72 Å². The summed E-state index contributed by atoms with van der Waals surface area (Å²) in [5.41, 5.74) is 5.28. The highest BCUT2D eigenvalue weighted by Crippen LogP contribution is 2.23. The van der Waals surface area contributed by atoms with Crippen molar-refractivity contribution >= 4 is 10.0 Å². The van der Waals surface area contributed by atoms with Gasteiger partial charge in [-0.25, -0.2) is 17.5 Å². The van der Waals surface area contributed by atoms with E-state index in [-0.39, 0.29) is 17.4 Å². The van der Waals surface area contributed by atoms with Gasteiger partial charge in [0.25, 0.3) is 0 Å². The molecule has 3 N–H and O–H groups in total. The summed E-state index contributed by atoms with van der Waals surface area (Å²) in [5.74, 6) is -0.477. The van der Waals surface area contributed by atoms with Crippen molar-refractivity contribution in [3.63, 3.8) is 0 Å². The summed E-state index contributed by atoms with van der Waals surface area (Å²) < 4.78 is 41.2. The van der Waals surface area contributed by atoms with Gasteiger partial charge in [-0.2, -0.15) is 0 Å². The number of hydrogen-bond donors (Lipinski definition) is 2. The highest BCUT2D eigenvalue weighted by molar-refractivity contribution is 7.89. The predicted molar refractivity (Wildman–Crippen MR) is 78.4 cm³/mol. The van der Waals surface area contributed by atoms with Crippen LogP contribution in [-0.4, -0.2) is 20.5 Å². The second-order valence-electron chi connectivity index (χ2n) is 5.85. The van der Waals surface area contributed by atoms with Gasteiger partial charge in [0, 0.05) is 12.1 Å². The van der Waals surface area contributed by atoms with Gasteiger partial charge in [-0.3, -0.25) is 0 Å². The number of sulfonamides is 1. The molecule has 0 saturated heterocycles. The van der Waals surface area contributed by atoms with E-state index in [0.717, 1.165) is 6.07 Å². The molecule has 1 rings (SSSR count). The summed E-state index contributed by atoms with van der Waals surface area (Å²) in [7, 11) is -3.94.